The monoisotopic (exact) mass is 239 g/mol. The maximum absolute atomic E-state index is 12.4. The van der Waals surface area contributed by atoms with Gasteiger partial charge in [0.1, 0.15) is 0 Å². The fourth-order valence-corrected chi connectivity index (χ4v) is 3.00. The molecule has 0 aromatic carbocycles. The molecule has 0 spiro atoms. The molecule has 0 N–H and O–H groups in total. The number of hydrogen-bond acceptors (Lipinski definition) is 3. The first-order valence-corrected chi connectivity index (χ1v) is 6.66. The summed E-state index contributed by atoms with van der Waals surface area (Å²) in [5.41, 5.74) is 0.768. The Morgan fingerprint density at radius 2 is 1.94 bits per heavy atom. The predicted octanol–water partition coefficient (Wildman–Crippen LogP) is 3.36. The third kappa shape index (κ3) is 2.53. The second kappa shape index (κ2) is 5.11. The lowest BCUT2D eigenvalue weighted by molar-refractivity contribution is 0.0673. The van der Waals surface area contributed by atoms with E-state index in [1.807, 2.05) is 32.2 Å². The number of ketones is 1. The van der Waals surface area contributed by atoms with Crippen LogP contribution in [0.2, 0.25) is 0 Å². The summed E-state index contributed by atoms with van der Waals surface area (Å²) in [7, 11) is 0. The van der Waals surface area contributed by atoms with Gasteiger partial charge in [-0.3, -0.25) is 9.69 Å². The molecule has 1 rings (SSSR count). The van der Waals surface area contributed by atoms with Crippen LogP contribution in [0, 0.1) is 6.92 Å². The molecule has 2 nitrogen and oxygen atoms in total. The number of hydrogen-bond donors (Lipinski definition) is 0. The molecule has 0 saturated carbocycles. The number of likely N-dealkylation sites (N-methyl/N-ethyl adjacent to an activating group) is 1. The Kier molecular flexibility index (Phi) is 4.28. The van der Waals surface area contributed by atoms with Gasteiger partial charge in [0.25, 0.3) is 0 Å². The van der Waals surface area contributed by atoms with Crippen molar-refractivity contribution in [1.82, 2.24) is 4.90 Å². The zero-order valence-corrected chi connectivity index (χ0v) is 11.6. The first kappa shape index (κ1) is 13.4. The van der Waals surface area contributed by atoms with Crippen LogP contribution in [-0.4, -0.2) is 29.3 Å². The van der Waals surface area contributed by atoms with E-state index in [1.165, 1.54) is 5.56 Å². The molecule has 1 aromatic rings. The van der Waals surface area contributed by atoms with Crippen LogP contribution in [0.4, 0.5) is 0 Å². The summed E-state index contributed by atoms with van der Waals surface area (Å²) < 4.78 is 0. The maximum Gasteiger partial charge on any atom is 0.192 e. The Balaban J connectivity index is 2.95. The summed E-state index contributed by atoms with van der Waals surface area (Å²) in [6.45, 7) is 12.0. The normalized spacial score (nSPS) is 12.1. The fourth-order valence-electron chi connectivity index (χ4n) is 2.01. The van der Waals surface area contributed by atoms with E-state index >= 15 is 0 Å². The van der Waals surface area contributed by atoms with E-state index in [-0.39, 0.29) is 5.78 Å². The van der Waals surface area contributed by atoms with Gasteiger partial charge in [-0.15, -0.1) is 11.3 Å². The standard InChI is InChI=1S/C13H21NOS/c1-6-14(7-2)13(4,5)12(15)11-8-10(3)9-16-11/h8-9H,6-7H2,1-5H3. The van der Waals surface area contributed by atoms with Crippen molar-refractivity contribution >= 4 is 17.1 Å². The largest absolute Gasteiger partial charge is 0.292 e. The lowest BCUT2D eigenvalue weighted by Gasteiger charge is -2.35. The van der Waals surface area contributed by atoms with Gasteiger partial charge in [0.2, 0.25) is 0 Å². The number of carbonyl (C=O) groups is 1. The van der Waals surface area contributed by atoms with Gasteiger partial charge in [-0.2, -0.15) is 0 Å². The molecule has 0 saturated heterocycles. The third-order valence-electron chi connectivity index (χ3n) is 3.06. The van der Waals surface area contributed by atoms with Crippen molar-refractivity contribution in [2.75, 3.05) is 13.1 Å². The number of nitrogens with zero attached hydrogens (tertiary/aromatic N) is 1. The molecule has 0 amide bonds. The minimum Gasteiger partial charge on any atom is -0.292 e. The van der Waals surface area contributed by atoms with Crippen LogP contribution < -0.4 is 0 Å². The topological polar surface area (TPSA) is 20.3 Å². The van der Waals surface area contributed by atoms with Gasteiger partial charge < -0.3 is 0 Å². The van der Waals surface area contributed by atoms with E-state index in [0.29, 0.717) is 0 Å². The molecule has 90 valence electrons. The number of thiophene rings is 1. The van der Waals surface area contributed by atoms with Gasteiger partial charge in [-0.25, -0.2) is 0 Å². The van der Waals surface area contributed by atoms with Crippen LogP contribution in [0.3, 0.4) is 0 Å². The second-order valence-electron chi connectivity index (χ2n) is 4.55. The van der Waals surface area contributed by atoms with E-state index in [4.69, 9.17) is 0 Å². The minimum absolute atomic E-state index is 0.231. The van der Waals surface area contributed by atoms with Crippen molar-refractivity contribution in [3.63, 3.8) is 0 Å². The van der Waals surface area contributed by atoms with E-state index < -0.39 is 5.54 Å². The summed E-state index contributed by atoms with van der Waals surface area (Å²) in [6.07, 6.45) is 0. The van der Waals surface area contributed by atoms with Crippen molar-refractivity contribution in [3.05, 3.63) is 21.9 Å². The lowest BCUT2D eigenvalue weighted by Crippen LogP contribution is -2.49. The molecule has 0 unspecified atom stereocenters. The van der Waals surface area contributed by atoms with Crippen LogP contribution in [0.1, 0.15) is 42.9 Å². The van der Waals surface area contributed by atoms with Crippen LogP contribution in [0.5, 0.6) is 0 Å². The van der Waals surface area contributed by atoms with Crippen molar-refractivity contribution in [3.8, 4) is 0 Å². The summed E-state index contributed by atoms with van der Waals surface area (Å²) >= 11 is 1.55. The molecule has 0 radical (unpaired) electrons. The van der Waals surface area contributed by atoms with Gasteiger partial charge in [0.15, 0.2) is 5.78 Å². The van der Waals surface area contributed by atoms with Crippen LogP contribution >= 0.6 is 11.3 Å². The Morgan fingerprint density at radius 3 is 2.31 bits per heavy atom. The Bertz CT molecular complexity index is 364. The second-order valence-corrected chi connectivity index (χ2v) is 5.46. The summed E-state index contributed by atoms with van der Waals surface area (Å²) in [6, 6.07) is 1.98. The Morgan fingerprint density at radius 1 is 1.38 bits per heavy atom. The third-order valence-corrected chi connectivity index (χ3v) is 4.11. The zero-order valence-electron chi connectivity index (χ0n) is 10.8. The summed E-state index contributed by atoms with van der Waals surface area (Å²) in [5, 5.41) is 2.03. The molecule has 0 bridgehead atoms. The lowest BCUT2D eigenvalue weighted by atomic mass is 9.95. The van der Waals surface area contributed by atoms with E-state index in [9.17, 15) is 4.79 Å². The summed E-state index contributed by atoms with van der Waals surface area (Å²) in [5.74, 6) is 0.231. The highest BCUT2D eigenvalue weighted by molar-refractivity contribution is 7.12. The van der Waals surface area contributed by atoms with Gasteiger partial charge >= 0.3 is 0 Å². The number of carbonyl (C=O) groups excluding carboxylic acids is 1. The highest BCUT2D eigenvalue weighted by atomic mass is 32.1. The first-order chi connectivity index (χ1) is 7.43. The SMILES string of the molecule is CCN(CC)C(C)(C)C(=O)c1cc(C)cs1. The zero-order chi connectivity index (χ0) is 12.3. The van der Waals surface area contributed by atoms with Crippen LogP contribution in [0.25, 0.3) is 0 Å². The molecule has 1 heterocycles. The van der Waals surface area contributed by atoms with Crippen molar-refractivity contribution in [1.29, 1.82) is 0 Å². The van der Waals surface area contributed by atoms with Crippen LogP contribution in [0.15, 0.2) is 11.4 Å². The van der Waals surface area contributed by atoms with Crippen molar-refractivity contribution < 1.29 is 4.79 Å². The molecule has 0 aliphatic carbocycles. The Hall–Kier alpha value is -0.670. The fraction of sp³-hybridized carbons (Fsp3) is 0.615. The molecule has 16 heavy (non-hydrogen) atoms. The maximum atomic E-state index is 12.4. The quantitative estimate of drug-likeness (QED) is 0.734. The minimum atomic E-state index is -0.402. The highest BCUT2D eigenvalue weighted by Gasteiger charge is 2.34. The van der Waals surface area contributed by atoms with Crippen molar-refractivity contribution in [2.24, 2.45) is 0 Å². The highest BCUT2D eigenvalue weighted by Crippen LogP contribution is 2.24. The Labute approximate surface area is 102 Å². The van der Waals surface area contributed by atoms with Gasteiger partial charge in [0, 0.05) is 0 Å². The molecule has 0 aliphatic heterocycles. The van der Waals surface area contributed by atoms with E-state index in [1.54, 1.807) is 11.3 Å². The number of aryl methyl sites for hydroxylation is 1. The van der Waals surface area contributed by atoms with Crippen molar-refractivity contribution in [2.45, 2.75) is 40.2 Å². The summed E-state index contributed by atoms with van der Waals surface area (Å²) in [4.78, 5) is 15.5. The molecular formula is C13H21NOS. The predicted molar refractivity (Wildman–Crippen MR) is 70.4 cm³/mol. The van der Waals surface area contributed by atoms with E-state index in [0.717, 1.165) is 18.0 Å². The number of Topliss-reactive ketones (excluding diaryl/α,β-unsaturated/α-hetero) is 1. The van der Waals surface area contributed by atoms with E-state index in [2.05, 4.69) is 18.7 Å². The number of rotatable bonds is 5. The molecule has 0 atom stereocenters. The first-order valence-electron chi connectivity index (χ1n) is 5.78. The average molecular weight is 239 g/mol. The molecule has 1 aromatic heterocycles. The smallest absolute Gasteiger partial charge is 0.192 e. The molecule has 3 heteroatoms. The van der Waals surface area contributed by atoms with Crippen LogP contribution in [-0.2, 0) is 0 Å². The van der Waals surface area contributed by atoms with Gasteiger partial charge in [-0.05, 0) is 50.9 Å². The van der Waals surface area contributed by atoms with Gasteiger partial charge in [0.05, 0.1) is 10.4 Å². The molecular weight excluding hydrogens is 218 g/mol. The molecule has 0 fully saturated rings. The molecule has 0 aliphatic rings. The van der Waals surface area contributed by atoms with Gasteiger partial charge in [-0.1, -0.05) is 13.8 Å². The average Bonchev–Trinajstić information content (AvgIpc) is 2.65.